The minimum absolute atomic E-state index is 0.0423. The molecule has 54 heavy (non-hydrogen) atoms. The molecule has 0 saturated carbocycles. The van der Waals surface area contributed by atoms with E-state index in [-0.39, 0.29) is 44.8 Å². The average Bonchev–Trinajstić information content (AvgIpc) is 3.91. The molecule has 4 unspecified atom stereocenters. The number of phosphoric acid groups is 1. The number of esters is 2. The zero-order chi connectivity index (χ0) is 39.4. The number of ether oxygens (including phenoxy) is 3. The predicted molar refractivity (Wildman–Crippen MR) is 219 cm³/mol. The predicted octanol–water partition coefficient (Wildman–Crippen LogP) is 11.2. The van der Waals surface area contributed by atoms with Crippen molar-refractivity contribution in [3.8, 4) is 0 Å². The van der Waals surface area contributed by atoms with Crippen molar-refractivity contribution in [3.63, 3.8) is 0 Å². The van der Waals surface area contributed by atoms with Gasteiger partial charge in [0.1, 0.15) is 6.61 Å². The number of allylic oxidation sites excluding steroid dienone is 4. The van der Waals surface area contributed by atoms with Gasteiger partial charge in [0.15, 0.2) is 6.10 Å². The van der Waals surface area contributed by atoms with Crippen molar-refractivity contribution in [2.24, 2.45) is 5.73 Å². The molecule has 1 rings (SSSR count). The maximum atomic E-state index is 12.6. The van der Waals surface area contributed by atoms with E-state index in [4.69, 9.17) is 29.0 Å². The van der Waals surface area contributed by atoms with Crippen LogP contribution in [0.2, 0.25) is 0 Å². The number of epoxide rings is 1. The van der Waals surface area contributed by atoms with E-state index in [1.54, 1.807) is 0 Å². The summed E-state index contributed by atoms with van der Waals surface area (Å²) in [4.78, 5) is 34.9. The smallest absolute Gasteiger partial charge is 0.462 e. The van der Waals surface area contributed by atoms with Crippen LogP contribution in [0.3, 0.4) is 0 Å². The number of hydrogen-bond acceptors (Lipinski definition) is 9. The van der Waals surface area contributed by atoms with E-state index in [0.717, 1.165) is 44.9 Å². The molecule has 0 amide bonds. The van der Waals surface area contributed by atoms with Crippen molar-refractivity contribution in [2.75, 3.05) is 26.4 Å². The summed E-state index contributed by atoms with van der Waals surface area (Å²) in [6.07, 6.45) is 40.6. The summed E-state index contributed by atoms with van der Waals surface area (Å²) < 4.78 is 38.5. The van der Waals surface area contributed by atoms with Crippen LogP contribution >= 0.6 is 7.82 Å². The second-order valence-electron chi connectivity index (χ2n) is 14.6. The van der Waals surface area contributed by atoms with Crippen LogP contribution in [0, 0.1) is 0 Å². The van der Waals surface area contributed by atoms with Gasteiger partial charge in [0.25, 0.3) is 0 Å². The zero-order valence-corrected chi connectivity index (χ0v) is 35.0. The molecule has 1 fully saturated rings. The second kappa shape index (κ2) is 35.6. The first-order valence-electron chi connectivity index (χ1n) is 21.6. The highest BCUT2D eigenvalue weighted by Crippen LogP contribution is 2.43. The summed E-state index contributed by atoms with van der Waals surface area (Å²) in [5.41, 5.74) is 5.34. The minimum Gasteiger partial charge on any atom is -0.462 e. The van der Waals surface area contributed by atoms with Crippen molar-refractivity contribution in [1.82, 2.24) is 0 Å². The minimum atomic E-state index is -4.40. The molecule has 0 spiro atoms. The third-order valence-electron chi connectivity index (χ3n) is 9.43. The Kier molecular flexibility index (Phi) is 33.1. The van der Waals surface area contributed by atoms with Crippen LogP contribution < -0.4 is 5.73 Å². The quantitative estimate of drug-likeness (QED) is 0.0203. The SMILES string of the molecule is CCCCCC=CCC=CCC1OC1CC=CCCCC(=O)OC(COC(=O)CCCCCCCCCCCCCCCCC)COP(=O)(O)OCCN. The Morgan fingerprint density at radius 3 is 1.76 bits per heavy atom. The second-order valence-corrected chi connectivity index (χ2v) is 16.1. The van der Waals surface area contributed by atoms with E-state index >= 15 is 0 Å². The molecule has 10 nitrogen and oxygen atoms in total. The Hall–Kier alpha value is -1.81. The summed E-state index contributed by atoms with van der Waals surface area (Å²) in [5.74, 6) is -0.898. The van der Waals surface area contributed by atoms with E-state index in [0.29, 0.717) is 12.8 Å². The van der Waals surface area contributed by atoms with Gasteiger partial charge in [-0.3, -0.25) is 18.6 Å². The molecule has 314 valence electrons. The molecule has 1 aliphatic heterocycles. The normalized spacial score (nSPS) is 17.4. The average molecular weight is 784 g/mol. The number of unbranched alkanes of at least 4 members (excludes halogenated alkanes) is 18. The largest absolute Gasteiger partial charge is 0.472 e. The summed E-state index contributed by atoms with van der Waals surface area (Å²) in [7, 11) is -4.40. The van der Waals surface area contributed by atoms with Gasteiger partial charge in [-0.15, -0.1) is 0 Å². The molecule has 1 heterocycles. The Bertz CT molecular complexity index is 1050. The van der Waals surface area contributed by atoms with E-state index in [9.17, 15) is 19.0 Å². The van der Waals surface area contributed by atoms with Gasteiger partial charge in [-0.1, -0.05) is 153 Å². The molecular weight excluding hydrogens is 705 g/mol. The number of carbonyl (C=O) groups excluding carboxylic acids is 2. The molecule has 0 radical (unpaired) electrons. The standard InChI is InChI=1S/C43H78NO9P/c1-3-5-7-9-11-13-14-15-16-17-18-20-22-24-29-33-42(45)49-37-39(38-51-54(47,48)50-36-35-44)52-43(46)34-30-26-25-28-32-41-40(53-41)31-27-23-21-19-12-10-8-6-4-2/h12,19,23,25,27-28,39-41H,3-11,13-18,20-22,24,26,29-38,44H2,1-2H3,(H,47,48). The van der Waals surface area contributed by atoms with Crippen molar-refractivity contribution in [3.05, 3.63) is 36.5 Å². The lowest BCUT2D eigenvalue weighted by Crippen LogP contribution is -2.29. The number of carbonyl (C=O) groups is 2. The highest BCUT2D eigenvalue weighted by atomic mass is 31.2. The lowest BCUT2D eigenvalue weighted by molar-refractivity contribution is -0.161. The molecular formula is C43H78NO9P. The molecule has 1 saturated heterocycles. The topological polar surface area (TPSA) is 147 Å². The fraction of sp³-hybridized carbons (Fsp3) is 0.814. The molecule has 1 aliphatic rings. The molecule has 0 aromatic heterocycles. The maximum Gasteiger partial charge on any atom is 0.472 e. The first-order chi connectivity index (χ1) is 26.3. The number of hydrogen-bond donors (Lipinski definition) is 2. The van der Waals surface area contributed by atoms with Crippen LogP contribution in [0.5, 0.6) is 0 Å². The fourth-order valence-corrected chi connectivity index (χ4v) is 6.85. The molecule has 0 aromatic rings. The highest BCUT2D eigenvalue weighted by Gasteiger charge is 2.36. The third kappa shape index (κ3) is 32.4. The molecule has 0 aliphatic carbocycles. The van der Waals surface area contributed by atoms with Gasteiger partial charge in [0.05, 0.1) is 25.4 Å². The molecule has 4 atom stereocenters. The van der Waals surface area contributed by atoms with Gasteiger partial charge >= 0.3 is 19.8 Å². The van der Waals surface area contributed by atoms with Gasteiger partial charge in [-0.05, 0) is 51.4 Å². The number of nitrogens with two attached hydrogens (primary N) is 1. The first-order valence-corrected chi connectivity index (χ1v) is 23.1. The highest BCUT2D eigenvalue weighted by molar-refractivity contribution is 7.47. The van der Waals surface area contributed by atoms with Gasteiger partial charge in [-0.25, -0.2) is 4.57 Å². The van der Waals surface area contributed by atoms with Crippen molar-refractivity contribution in [2.45, 2.75) is 199 Å². The van der Waals surface area contributed by atoms with E-state index in [1.807, 2.05) is 6.08 Å². The van der Waals surface area contributed by atoms with Crippen LogP contribution in [-0.2, 0) is 37.4 Å². The van der Waals surface area contributed by atoms with Crippen molar-refractivity contribution < 1.29 is 42.3 Å². The molecule has 0 aromatic carbocycles. The molecule has 3 N–H and O–H groups in total. The van der Waals surface area contributed by atoms with Crippen molar-refractivity contribution in [1.29, 1.82) is 0 Å². The zero-order valence-electron chi connectivity index (χ0n) is 34.1. The Balaban J connectivity index is 2.23. The van der Waals surface area contributed by atoms with Gasteiger partial charge in [0, 0.05) is 19.4 Å². The number of phosphoric ester groups is 1. The summed E-state index contributed by atoms with van der Waals surface area (Å²) in [6.45, 7) is 3.63. The van der Waals surface area contributed by atoms with Crippen LogP contribution in [-0.4, -0.2) is 61.5 Å². The Morgan fingerprint density at radius 1 is 0.648 bits per heavy atom. The summed E-state index contributed by atoms with van der Waals surface area (Å²) >= 11 is 0. The third-order valence-corrected chi connectivity index (χ3v) is 10.4. The van der Waals surface area contributed by atoms with Gasteiger partial charge < -0.3 is 24.8 Å². The van der Waals surface area contributed by atoms with Gasteiger partial charge in [-0.2, -0.15) is 0 Å². The lowest BCUT2D eigenvalue weighted by atomic mass is 10.0. The van der Waals surface area contributed by atoms with Crippen LogP contribution in [0.25, 0.3) is 0 Å². The molecule has 0 bridgehead atoms. The van der Waals surface area contributed by atoms with Gasteiger partial charge in [0.2, 0.25) is 0 Å². The van der Waals surface area contributed by atoms with Crippen LogP contribution in [0.1, 0.15) is 181 Å². The van der Waals surface area contributed by atoms with E-state index < -0.39 is 32.5 Å². The maximum absolute atomic E-state index is 12.6. The van der Waals surface area contributed by atoms with Crippen LogP contribution in [0.15, 0.2) is 36.5 Å². The lowest BCUT2D eigenvalue weighted by Gasteiger charge is -2.19. The fourth-order valence-electron chi connectivity index (χ4n) is 6.08. The summed E-state index contributed by atoms with van der Waals surface area (Å²) in [5, 5.41) is 0. The molecule has 11 heteroatoms. The summed E-state index contributed by atoms with van der Waals surface area (Å²) in [6, 6.07) is 0. The van der Waals surface area contributed by atoms with Crippen LogP contribution in [0.4, 0.5) is 0 Å². The van der Waals surface area contributed by atoms with E-state index in [1.165, 1.54) is 96.3 Å². The van der Waals surface area contributed by atoms with Crippen molar-refractivity contribution >= 4 is 19.8 Å². The Labute approximate surface area is 329 Å². The first kappa shape index (κ1) is 50.2. The monoisotopic (exact) mass is 784 g/mol. The van der Waals surface area contributed by atoms with E-state index in [2.05, 4.69) is 44.2 Å². The Morgan fingerprint density at radius 2 is 1.15 bits per heavy atom. The number of rotatable bonds is 39.